The fourth-order valence-electron chi connectivity index (χ4n) is 2.37. The second kappa shape index (κ2) is 6.02. The van der Waals surface area contributed by atoms with Gasteiger partial charge < -0.3 is 9.88 Å². The monoisotopic (exact) mass is 286 g/mol. The van der Waals surface area contributed by atoms with Crippen molar-refractivity contribution >= 4 is 9.84 Å². The molecule has 0 amide bonds. The lowest BCUT2D eigenvalue weighted by Crippen LogP contribution is -2.48. The van der Waals surface area contributed by atoms with Crippen LogP contribution in [0.25, 0.3) is 0 Å². The molecule has 0 aliphatic carbocycles. The number of nitrogens with one attached hydrogen (secondary N) is 1. The average Bonchev–Trinajstić information content (AvgIpc) is 2.83. The van der Waals surface area contributed by atoms with Crippen LogP contribution in [-0.2, 0) is 16.9 Å². The first-order valence-electron chi connectivity index (χ1n) is 6.66. The lowest BCUT2D eigenvalue weighted by atomic mass is 10.2. The molecule has 2 rings (SSSR count). The van der Waals surface area contributed by atoms with Crippen molar-refractivity contribution in [2.45, 2.75) is 13.0 Å². The maximum Gasteiger partial charge on any atom is 0.151 e. The number of aromatic nitrogens is 2. The minimum absolute atomic E-state index is 0.154. The maximum atomic E-state index is 11.6. The van der Waals surface area contributed by atoms with Gasteiger partial charge in [-0.3, -0.25) is 4.90 Å². The van der Waals surface area contributed by atoms with Gasteiger partial charge >= 0.3 is 0 Å². The van der Waals surface area contributed by atoms with E-state index in [2.05, 4.69) is 15.2 Å². The highest BCUT2D eigenvalue weighted by atomic mass is 32.2. The molecule has 1 unspecified atom stereocenters. The molecular formula is C12H22N4O2S. The van der Waals surface area contributed by atoms with E-state index in [1.54, 1.807) is 13.1 Å². The third-order valence-electron chi connectivity index (χ3n) is 3.64. The highest BCUT2D eigenvalue weighted by Crippen LogP contribution is 2.20. The molecule has 1 aliphatic heterocycles. The van der Waals surface area contributed by atoms with Crippen molar-refractivity contribution in [1.82, 2.24) is 19.8 Å². The first kappa shape index (κ1) is 14.5. The minimum atomic E-state index is -2.91. The smallest absolute Gasteiger partial charge is 0.151 e. The van der Waals surface area contributed by atoms with E-state index in [-0.39, 0.29) is 17.5 Å². The van der Waals surface area contributed by atoms with E-state index in [0.717, 1.165) is 25.5 Å². The predicted octanol–water partition coefficient (Wildman–Crippen LogP) is -0.199. The van der Waals surface area contributed by atoms with E-state index in [1.165, 1.54) is 0 Å². The summed E-state index contributed by atoms with van der Waals surface area (Å²) in [4.78, 5) is 6.60. The van der Waals surface area contributed by atoms with Crippen LogP contribution in [0.1, 0.15) is 18.8 Å². The summed E-state index contributed by atoms with van der Waals surface area (Å²) in [5.74, 6) is 1.43. The standard InChI is InChI=1S/C12H22N4O2S/c1-3-19(17,18)9-8-16-7-4-13-10-11(16)12-14-5-6-15(12)2/h5-6,11,13H,3-4,7-10H2,1-2H3. The van der Waals surface area contributed by atoms with Crippen LogP contribution in [0.4, 0.5) is 0 Å². The Labute approximate surface area is 114 Å². The van der Waals surface area contributed by atoms with Gasteiger partial charge in [-0.05, 0) is 0 Å². The Hall–Kier alpha value is -0.920. The summed E-state index contributed by atoms with van der Waals surface area (Å²) in [7, 11) is -0.940. The van der Waals surface area contributed by atoms with Gasteiger partial charge in [0.05, 0.1) is 11.8 Å². The minimum Gasteiger partial charge on any atom is -0.337 e. The Balaban J connectivity index is 2.07. The van der Waals surface area contributed by atoms with E-state index in [4.69, 9.17) is 0 Å². The average molecular weight is 286 g/mol. The molecule has 1 atom stereocenters. The van der Waals surface area contributed by atoms with Gasteiger partial charge in [0.25, 0.3) is 0 Å². The molecule has 0 bridgehead atoms. The second-order valence-electron chi connectivity index (χ2n) is 4.89. The van der Waals surface area contributed by atoms with Crippen LogP contribution in [-0.4, -0.2) is 60.6 Å². The summed E-state index contributed by atoms with van der Waals surface area (Å²) in [6.45, 7) is 4.85. The molecule has 6 nitrogen and oxygen atoms in total. The fourth-order valence-corrected chi connectivity index (χ4v) is 3.17. The largest absolute Gasteiger partial charge is 0.337 e. The molecule has 0 saturated carbocycles. The molecule has 2 heterocycles. The van der Waals surface area contributed by atoms with Gasteiger partial charge in [-0.15, -0.1) is 0 Å². The summed E-state index contributed by atoms with van der Waals surface area (Å²) in [5.41, 5.74) is 0. The summed E-state index contributed by atoms with van der Waals surface area (Å²) in [6.07, 6.45) is 3.70. The van der Waals surface area contributed by atoms with Crippen molar-refractivity contribution in [3.05, 3.63) is 18.2 Å². The first-order valence-corrected chi connectivity index (χ1v) is 8.48. The zero-order valence-corrected chi connectivity index (χ0v) is 12.4. The van der Waals surface area contributed by atoms with Crippen LogP contribution in [0.3, 0.4) is 0 Å². The zero-order chi connectivity index (χ0) is 13.9. The van der Waals surface area contributed by atoms with Crippen molar-refractivity contribution in [3.63, 3.8) is 0 Å². The van der Waals surface area contributed by atoms with Crippen molar-refractivity contribution in [2.75, 3.05) is 37.7 Å². The number of rotatable bonds is 5. The van der Waals surface area contributed by atoms with Crippen molar-refractivity contribution in [2.24, 2.45) is 7.05 Å². The van der Waals surface area contributed by atoms with E-state index in [9.17, 15) is 8.42 Å². The van der Waals surface area contributed by atoms with Gasteiger partial charge in [-0.1, -0.05) is 6.92 Å². The number of nitrogens with zero attached hydrogens (tertiary/aromatic N) is 3. The number of imidazole rings is 1. The van der Waals surface area contributed by atoms with Gasteiger partial charge in [-0.2, -0.15) is 0 Å². The Morgan fingerprint density at radius 2 is 2.32 bits per heavy atom. The van der Waals surface area contributed by atoms with Crippen LogP contribution in [0.15, 0.2) is 12.4 Å². The van der Waals surface area contributed by atoms with Gasteiger partial charge in [0, 0.05) is 51.4 Å². The molecule has 0 radical (unpaired) electrons. The quantitative estimate of drug-likeness (QED) is 0.812. The van der Waals surface area contributed by atoms with E-state index >= 15 is 0 Å². The number of hydrogen-bond acceptors (Lipinski definition) is 5. The Morgan fingerprint density at radius 1 is 1.53 bits per heavy atom. The third kappa shape index (κ3) is 3.55. The molecule has 7 heteroatoms. The summed E-state index contributed by atoms with van der Waals surface area (Å²) >= 11 is 0. The van der Waals surface area contributed by atoms with E-state index < -0.39 is 9.84 Å². The lowest BCUT2D eigenvalue weighted by Gasteiger charge is -2.35. The summed E-state index contributed by atoms with van der Waals surface area (Å²) in [5, 5.41) is 3.35. The number of piperazine rings is 1. The lowest BCUT2D eigenvalue weighted by molar-refractivity contribution is 0.162. The fraction of sp³-hybridized carbons (Fsp3) is 0.750. The third-order valence-corrected chi connectivity index (χ3v) is 5.32. The van der Waals surface area contributed by atoms with Crippen LogP contribution in [0.2, 0.25) is 0 Å². The molecule has 0 spiro atoms. The van der Waals surface area contributed by atoms with Crippen LogP contribution < -0.4 is 5.32 Å². The summed E-state index contributed by atoms with van der Waals surface area (Å²) < 4.78 is 25.3. The second-order valence-corrected chi connectivity index (χ2v) is 7.36. The van der Waals surface area contributed by atoms with Gasteiger partial charge in [-0.25, -0.2) is 13.4 Å². The molecular weight excluding hydrogens is 264 g/mol. The zero-order valence-electron chi connectivity index (χ0n) is 11.5. The highest BCUT2D eigenvalue weighted by Gasteiger charge is 2.27. The van der Waals surface area contributed by atoms with Crippen molar-refractivity contribution in [3.8, 4) is 0 Å². The maximum absolute atomic E-state index is 11.6. The molecule has 1 aromatic rings. The van der Waals surface area contributed by atoms with E-state index in [1.807, 2.05) is 17.8 Å². The number of aryl methyl sites for hydroxylation is 1. The van der Waals surface area contributed by atoms with Gasteiger partial charge in [0.2, 0.25) is 0 Å². The van der Waals surface area contributed by atoms with Crippen molar-refractivity contribution < 1.29 is 8.42 Å². The predicted molar refractivity (Wildman–Crippen MR) is 74.7 cm³/mol. The molecule has 19 heavy (non-hydrogen) atoms. The van der Waals surface area contributed by atoms with Gasteiger partial charge in [0.15, 0.2) is 9.84 Å². The van der Waals surface area contributed by atoms with Crippen molar-refractivity contribution in [1.29, 1.82) is 0 Å². The Kier molecular flexibility index (Phi) is 4.59. The Morgan fingerprint density at radius 3 is 2.95 bits per heavy atom. The topological polar surface area (TPSA) is 67.2 Å². The Bertz CT molecular complexity index is 512. The highest BCUT2D eigenvalue weighted by molar-refractivity contribution is 7.91. The molecule has 0 aromatic carbocycles. The number of hydrogen-bond donors (Lipinski definition) is 1. The molecule has 1 aromatic heterocycles. The first-order chi connectivity index (χ1) is 9.03. The molecule has 1 N–H and O–H groups in total. The normalized spacial score (nSPS) is 21.7. The molecule has 1 saturated heterocycles. The summed E-state index contributed by atoms with van der Waals surface area (Å²) in [6, 6.07) is 0.154. The van der Waals surface area contributed by atoms with Crippen LogP contribution in [0.5, 0.6) is 0 Å². The molecule has 1 fully saturated rings. The SMILES string of the molecule is CCS(=O)(=O)CCN1CCNCC1c1nccn1C. The number of sulfone groups is 1. The van der Waals surface area contributed by atoms with Gasteiger partial charge in [0.1, 0.15) is 5.82 Å². The van der Waals surface area contributed by atoms with E-state index in [0.29, 0.717) is 6.54 Å². The molecule has 1 aliphatic rings. The molecule has 108 valence electrons. The van der Waals surface area contributed by atoms with Crippen LogP contribution >= 0.6 is 0 Å². The van der Waals surface area contributed by atoms with Crippen LogP contribution in [0, 0.1) is 0 Å².